The summed E-state index contributed by atoms with van der Waals surface area (Å²) in [5.41, 5.74) is 2.46. The number of amides is 1. The Balaban J connectivity index is 0.00000164. The van der Waals surface area contributed by atoms with E-state index in [4.69, 9.17) is 19.7 Å². The molecular formula is C28H41FN6O3. The van der Waals surface area contributed by atoms with Gasteiger partial charge in [-0.2, -0.15) is 10.2 Å². The van der Waals surface area contributed by atoms with E-state index in [2.05, 4.69) is 29.7 Å². The quantitative estimate of drug-likeness (QED) is 0.541. The number of nitrogens with zero attached hydrogens (tertiary/aromatic N) is 6. The molecule has 4 unspecified atom stereocenters. The summed E-state index contributed by atoms with van der Waals surface area (Å²) < 4.78 is 27.3. The molecule has 38 heavy (non-hydrogen) atoms. The van der Waals surface area contributed by atoms with Crippen molar-refractivity contribution >= 4 is 17.3 Å². The Morgan fingerprint density at radius 1 is 1.26 bits per heavy atom. The van der Waals surface area contributed by atoms with Gasteiger partial charge in [-0.3, -0.25) is 14.5 Å². The molecule has 2 fully saturated rings. The molecule has 5 rings (SSSR count). The van der Waals surface area contributed by atoms with Crippen molar-refractivity contribution in [2.45, 2.75) is 71.9 Å². The number of aromatic nitrogens is 3. The zero-order chi connectivity index (χ0) is 27.4. The molecule has 0 aliphatic carbocycles. The number of hydrogen-bond donors (Lipinski definition) is 0. The Kier molecular flexibility index (Phi) is 8.70. The lowest BCUT2D eigenvalue weighted by atomic mass is 9.74. The summed E-state index contributed by atoms with van der Waals surface area (Å²) in [5, 5.41) is 11.7. The van der Waals surface area contributed by atoms with Crippen LogP contribution in [0.5, 0.6) is 5.88 Å². The van der Waals surface area contributed by atoms with Crippen LogP contribution < -0.4 is 9.75 Å². The van der Waals surface area contributed by atoms with E-state index in [1.54, 1.807) is 6.20 Å². The fraction of sp³-hybridized carbons (Fsp3) is 0.643. The van der Waals surface area contributed by atoms with Crippen molar-refractivity contribution in [2.24, 2.45) is 16.4 Å². The van der Waals surface area contributed by atoms with Gasteiger partial charge in [0.1, 0.15) is 0 Å². The van der Waals surface area contributed by atoms with E-state index in [1.165, 1.54) is 13.2 Å². The van der Waals surface area contributed by atoms with Gasteiger partial charge in [-0.1, -0.05) is 27.7 Å². The van der Waals surface area contributed by atoms with Gasteiger partial charge in [0.2, 0.25) is 11.8 Å². The lowest BCUT2D eigenvalue weighted by Crippen LogP contribution is -2.47. The summed E-state index contributed by atoms with van der Waals surface area (Å²) in [6.45, 7) is 10.4. The number of piperidine rings is 1. The first kappa shape index (κ1) is 28.0. The maximum atomic E-state index is 14.5. The van der Waals surface area contributed by atoms with Crippen LogP contribution in [0.25, 0.3) is 0 Å². The average Bonchev–Trinajstić information content (AvgIpc) is 3.45. The summed E-state index contributed by atoms with van der Waals surface area (Å²) in [7, 11) is 3.29. The van der Waals surface area contributed by atoms with Crippen LogP contribution in [0, 0.1) is 17.2 Å². The summed E-state index contributed by atoms with van der Waals surface area (Å²) in [5.74, 6) is -0.194. The molecule has 3 aliphatic heterocycles. The summed E-state index contributed by atoms with van der Waals surface area (Å²) >= 11 is 0. The van der Waals surface area contributed by atoms with Gasteiger partial charge >= 0.3 is 0 Å². The van der Waals surface area contributed by atoms with Crippen LogP contribution in [0.3, 0.4) is 0 Å². The van der Waals surface area contributed by atoms with Crippen LogP contribution in [0.15, 0.2) is 29.8 Å². The first-order valence-corrected chi connectivity index (χ1v) is 13.8. The number of pyridine rings is 1. The number of halogens is 1. The van der Waals surface area contributed by atoms with Gasteiger partial charge in [-0.15, -0.1) is 0 Å². The lowest BCUT2D eigenvalue weighted by Gasteiger charge is -2.43. The third-order valence-electron chi connectivity index (χ3n) is 8.07. The second kappa shape index (κ2) is 11.8. The molecular weight excluding hydrogens is 487 g/mol. The smallest absolute Gasteiger partial charge is 0.250 e. The normalized spacial score (nSPS) is 26.2. The SMILES string of the molecule is CC.CCC(n1cc(C2=NN(c3cnc(OC)c(F)c3)C3CCOCCC23)cn1)C1(C)CCC(=O)N(C)C1. The summed E-state index contributed by atoms with van der Waals surface area (Å²) in [4.78, 5) is 18.1. The zero-order valence-corrected chi connectivity index (χ0v) is 23.5. The van der Waals surface area contributed by atoms with Crippen molar-refractivity contribution < 1.29 is 18.7 Å². The standard InChI is InChI=1S/C26H35FN6O3.C2H6/c1-5-22(26(2)9-6-23(34)31(3)16-26)32-15-17(13-29-32)24-19-7-10-36-11-8-21(19)33(30-24)18-12-20(27)25(35-4)28-14-18;1-2/h12-15,19,21-22H,5-11,16H2,1-4H3;1-2H3. The molecule has 2 aromatic rings. The van der Waals surface area contributed by atoms with Gasteiger partial charge in [0.05, 0.1) is 43.0 Å². The molecule has 2 aromatic heterocycles. The molecule has 3 aliphatic rings. The van der Waals surface area contributed by atoms with Crippen LogP contribution in [0.1, 0.15) is 71.4 Å². The highest BCUT2D eigenvalue weighted by Crippen LogP contribution is 2.42. The lowest BCUT2D eigenvalue weighted by molar-refractivity contribution is -0.136. The van der Waals surface area contributed by atoms with Gasteiger partial charge < -0.3 is 14.4 Å². The molecule has 1 amide bonds. The third kappa shape index (κ3) is 5.28. The minimum Gasteiger partial charge on any atom is -0.479 e. The fourth-order valence-corrected chi connectivity index (χ4v) is 6.20. The molecule has 4 atom stereocenters. The largest absolute Gasteiger partial charge is 0.479 e. The molecule has 0 spiro atoms. The maximum Gasteiger partial charge on any atom is 0.250 e. The van der Waals surface area contributed by atoms with Crippen molar-refractivity contribution in [1.82, 2.24) is 19.7 Å². The molecule has 0 aromatic carbocycles. The van der Waals surface area contributed by atoms with Crippen molar-refractivity contribution in [1.29, 1.82) is 0 Å². The predicted octanol–water partition coefficient (Wildman–Crippen LogP) is 4.68. The molecule has 0 N–H and O–H groups in total. The van der Waals surface area contributed by atoms with E-state index in [1.807, 2.05) is 37.0 Å². The Hall–Kier alpha value is -3.01. The van der Waals surface area contributed by atoms with Gasteiger partial charge in [0.15, 0.2) is 5.82 Å². The predicted molar refractivity (Wildman–Crippen MR) is 145 cm³/mol. The molecule has 2 saturated heterocycles. The number of methoxy groups -OCH3 is 1. The minimum atomic E-state index is -0.511. The molecule has 5 heterocycles. The van der Waals surface area contributed by atoms with Crippen molar-refractivity contribution in [3.8, 4) is 5.88 Å². The van der Waals surface area contributed by atoms with Crippen LogP contribution in [0.4, 0.5) is 10.1 Å². The number of carbonyl (C=O) groups excluding carboxylic acids is 1. The van der Waals surface area contributed by atoms with Crippen molar-refractivity contribution in [2.75, 3.05) is 38.9 Å². The zero-order valence-electron chi connectivity index (χ0n) is 23.5. The molecule has 0 bridgehead atoms. The topological polar surface area (TPSA) is 85.1 Å². The van der Waals surface area contributed by atoms with E-state index in [9.17, 15) is 9.18 Å². The van der Waals surface area contributed by atoms with Gasteiger partial charge in [0, 0.05) is 62.4 Å². The minimum absolute atomic E-state index is 0.0293. The molecule has 0 saturated carbocycles. The maximum absolute atomic E-state index is 14.5. The van der Waals surface area contributed by atoms with Crippen molar-refractivity contribution in [3.63, 3.8) is 0 Å². The second-order valence-corrected chi connectivity index (χ2v) is 10.4. The molecule has 9 nitrogen and oxygen atoms in total. The Morgan fingerprint density at radius 2 is 2.03 bits per heavy atom. The highest BCUT2D eigenvalue weighted by atomic mass is 19.1. The number of anilines is 1. The fourth-order valence-electron chi connectivity index (χ4n) is 6.20. The first-order chi connectivity index (χ1) is 18.3. The highest BCUT2D eigenvalue weighted by molar-refractivity contribution is 6.04. The van der Waals surface area contributed by atoms with Crippen LogP contribution >= 0.6 is 0 Å². The third-order valence-corrected chi connectivity index (χ3v) is 8.07. The van der Waals surface area contributed by atoms with Crippen LogP contribution in [-0.2, 0) is 9.53 Å². The number of hydrazone groups is 1. The number of carbonyl (C=O) groups is 1. The summed E-state index contributed by atoms with van der Waals surface area (Å²) in [6.07, 6.45) is 9.53. The highest BCUT2D eigenvalue weighted by Gasteiger charge is 2.42. The number of ether oxygens (including phenoxy) is 2. The summed E-state index contributed by atoms with van der Waals surface area (Å²) in [6, 6.07) is 1.64. The average molecular weight is 529 g/mol. The van der Waals surface area contributed by atoms with Crippen LogP contribution in [0.2, 0.25) is 0 Å². The van der Waals surface area contributed by atoms with Crippen molar-refractivity contribution in [3.05, 3.63) is 36.0 Å². The Labute approximate surface area is 225 Å². The van der Waals surface area contributed by atoms with E-state index in [0.717, 1.165) is 37.0 Å². The van der Waals surface area contributed by atoms with E-state index >= 15 is 0 Å². The Morgan fingerprint density at radius 3 is 2.71 bits per heavy atom. The number of hydrogen-bond acceptors (Lipinski definition) is 7. The molecule has 0 radical (unpaired) electrons. The number of likely N-dealkylation sites (tertiary alicyclic amines) is 1. The molecule has 10 heteroatoms. The second-order valence-electron chi connectivity index (χ2n) is 10.4. The number of rotatable bonds is 6. The number of fused-ring (bicyclic) bond motifs is 1. The van der Waals surface area contributed by atoms with Gasteiger partial charge in [-0.05, 0) is 25.7 Å². The Bertz CT molecular complexity index is 1150. The van der Waals surface area contributed by atoms with E-state index in [0.29, 0.717) is 31.9 Å². The van der Waals surface area contributed by atoms with Crippen LogP contribution in [-0.4, -0.2) is 71.2 Å². The van der Waals surface area contributed by atoms with E-state index < -0.39 is 5.82 Å². The van der Waals surface area contributed by atoms with Gasteiger partial charge in [0.25, 0.3) is 0 Å². The first-order valence-electron chi connectivity index (χ1n) is 13.8. The van der Waals surface area contributed by atoms with Gasteiger partial charge in [-0.25, -0.2) is 9.37 Å². The molecule has 208 valence electrons. The monoisotopic (exact) mass is 528 g/mol. The van der Waals surface area contributed by atoms with E-state index in [-0.39, 0.29) is 35.2 Å².